The number of anilines is 1. The summed E-state index contributed by atoms with van der Waals surface area (Å²) in [5.74, 6) is 0.0218. The Hall–Kier alpha value is -4.54. The van der Waals surface area contributed by atoms with Gasteiger partial charge in [-0.3, -0.25) is 14.3 Å². The highest BCUT2D eigenvalue weighted by Gasteiger charge is 2.30. The van der Waals surface area contributed by atoms with Crippen molar-refractivity contribution in [2.75, 3.05) is 26.4 Å². The third-order valence-corrected chi connectivity index (χ3v) is 8.69. The molecule has 10 heteroatoms. The Bertz CT molecular complexity index is 1680. The molecule has 0 saturated heterocycles. The van der Waals surface area contributed by atoms with E-state index in [4.69, 9.17) is 10.5 Å². The molecule has 4 N–H and O–H groups in total. The predicted molar refractivity (Wildman–Crippen MR) is 174 cm³/mol. The fourth-order valence-electron chi connectivity index (χ4n) is 6.38. The molecule has 0 radical (unpaired) electrons. The summed E-state index contributed by atoms with van der Waals surface area (Å²) in [6.07, 6.45) is 9.64. The fourth-order valence-corrected chi connectivity index (χ4v) is 6.38. The first-order chi connectivity index (χ1) is 21.7. The molecule has 2 aliphatic rings. The Morgan fingerprint density at radius 3 is 2.49 bits per heavy atom. The molecule has 10 nitrogen and oxygen atoms in total. The van der Waals surface area contributed by atoms with E-state index in [1.807, 2.05) is 32.2 Å². The number of hydrogen-bond acceptors (Lipinski definition) is 7. The highest BCUT2D eigenvalue weighted by atomic mass is 16.5. The average molecular weight is 608 g/mol. The van der Waals surface area contributed by atoms with Crippen LogP contribution >= 0.6 is 0 Å². The first kappa shape index (κ1) is 30.5. The van der Waals surface area contributed by atoms with Crippen LogP contribution in [0.25, 0.3) is 22.3 Å². The van der Waals surface area contributed by atoms with Crippen molar-refractivity contribution in [1.29, 1.82) is 0 Å². The maximum Gasteiger partial charge on any atom is 0.255 e. The van der Waals surface area contributed by atoms with E-state index < -0.39 is 0 Å². The Morgan fingerprint density at radius 1 is 0.956 bits per heavy atom. The topological polar surface area (TPSA) is 127 Å². The number of hydrogen-bond donors (Lipinski definition) is 3. The predicted octanol–water partition coefficient (Wildman–Crippen LogP) is 3.74. The summed E-state index contributed by atoms with van der Waals surface area (Å²) in [6, 6.07) is 16.9. The lowest BCUT2D eigenvalue weighted by molar-refractivity contribution is -0.122. The molecule has 0 aliphatic heterocycles. The molecule has 2 heterocycles. The second-order valence-electron chi connectivity index (χ2n) is 12.5. The maximum atomic E-state index is 13.2. The van der Waals surface area contributed by atoms with E-state index in [9.17, 15) is 9.59 Å². The van der Waals surface area contributed by atoms with Crippen LogP contribution in [0.15, 0.2) is 67.1 Å². The molecular weight excluding hydrogens is 566 g/mol. The molecule has 45 heavy (non-hydrogen) atoms. The largest absolute Gasteiger partial charge is 0.383 e. The van der Waals surface area contributed by atoms with Gasteiger partial charge in [0.1, 0.15) is 5.82 Å². The number of likely N-dealkylation sites (N-methyl/N-ethyl adjacent to an activating group) is 1. The van der Waals surface area contributed by atoms with Crippen molar-refractivity contribution in [1.82, 2.24) is 30.3 Å². The summed E-state index contributed by atoms with van der Waals surface area (Å²) >= 11 is 0. The van der Waals surface area contributed by atoms with Gasteiger partial charge in [-0.25, -0.2) is 4.98 Å². The number of aromatic nitrogens is 3. The molecule has 2 aromatic carbocycles. The fraction of sp³-hybridized carbons (Fsp3) is 0.371. The molecular formula is C35H41N7O3. The molecule has 0 spiro atoms. The molecule has 2 aromatic heterocycles. The minimum Gasteiger partial charge on any atom is -0.383 e. The van der Waals surface area contributed by atoms with Crippen molar-refractivity contribution in [3.05, 3.63) is 89.4 Å². The van der Waals surface area contributed by atoms with Crippen LogP contribution < -0.4 is 16.4 Å². The van der Waals surface area contributed by atoms with Gasteiger partial charge in [-0.05, 0) is 80.1 Å². The van der Waals surface area contributed by atoms with E-state index >= 15 is 0 Å². The lowest BCUT2D eigenvalue weighted by Gasteiger charge is -2.22. The smallest absolute Gasteiger partial charge is 0.255 e. The highest BCUT2D eigenvalue weighted by molar-refractivity contribution is 5.99. The van der Waals surface area contributed by atoms with Crippen molar-refractivity contribution in [3.8, 4) is 22.3 Å². The highest BCUT2D eigenvalue weighted by Crippen LogP contribution is 2.30. The zero-order valence-electron chi connectivity index (χ0n) is 26.1. The zero-order valence-corrected chi connectivity index (χ0v) is 26.1. The van der Waals surface area contributed by atoms with E-state index in [1.54, 1.807) is 23.1 Å². The van der Waals surface area contributed by atoms with Gasteiger partial charge >= 0.3 is 0 Å². The molecule has 3 atom stereocenters. The van der Waals surface area contributed by atoms with E-state index in [1.165, 1.54) is 16.7 Å². The van der Waals surface area contributed by atoms with Crippen LogP contribution in [0.2, 0.25) is 0 Å². The van der Waals surface area contributed by atoms with Crippen molar-refractivity contribution < 1.29 is 14.3 Å². The van der Waals surface area contributed by atoms with E-state index in [0.29, 0.717) is 18.7 Å². The molecule has 6 rings (SSSR count). The standard InChI is InChI=1S/C35H41N7O3/c1-41(2)20-33(43)39-29-14-25-12-11-24(13-26(25)15-29)23-9-7-22(8-10-23)21-45-32-6-4-5-31(32)40-35(44)30-16-27(17-37-34(30)36)28-18-38-42(3)19-28/h7-13,16-19,29,31-32H,4-6,14-15,20-21H2,1-3H3,(H2,36,37)(H,39,43)(H,40,44)/t29?,31-,32-/m0/s1. The van der Waals surface area contributed by atoms with E-state index in [-0.39, 0.29) is 35.8 Å². The van der Waals surface area contributed by atoms with Crippen LogP contribution in [0.4, 0.5) is 5.82 Å². The van der Waals surface area contributed by atoms with Gasteiger partial charge in [0.25, 0.3) is 5.91 Å². The number of rotatable bonds is 10. The Balaban J connectivity index is 1.03. The Morgan fingerprint density at radius 2 is 1.73 bits per heavy atom. The van der Waals surface area contributed by atoms with Crippen LogP contribution in [0.1, 0.15) is 46.3 Å². The summed E-state index contributed by atoms with van der Waals surface area (Å²) in [4.78, 5) is 31.6. The molecule has 2 amide bonds. The van der Waals surface area contributed by atoms with Gasteiger partial charge in [-0.1, -0.05) is 42.5 Å². The van der Waals surface area contributed by atoms with E-state index in [2.05, 4.69) is 63.2 Å². The molecule has 2 aliphatic carbocycles. The quantitative estimate of drug-likeness (QED) is 0.251. The number of fused-ring (bicyclic) bond motifs is 1. The molecule has 1 unspecified atom stereocenters. The Kier molecular flexibility index (Phi) is 8.95. The van der Waals surface area contributed by atoms with Crippen LogP contribution in [-0.4, -0.2) is 70.3 Å². The van der Waals surface area contributed by atoms with Gasteiger partial charge in [-0.2, -0.15) is 5.10 Å². The molecule has 4 aromatic rings. The zero-order chi connectivity index (χ0) is 31.5. The number of ether oxygens (including phenoxy) is 1. The summed E-state index contributed by atoms with van der Waals surface area (Å²) in [5.41, 5.74) is 14.1. The summed E-state index contributed by atoms with van der Waals surface area (Å²) in [6.45, 7) is 0.870. The second kappa shape index (κ2) is 13.2. The number of aryl methyl sites for hydroxylation is 1. The first-order valence-electron chi connectivity index (χ1n) is 15.5. The number of pyridine rings is 1. The van der Waals surface area contributed by atoms with Crippen molar-refractivity contribution in [3.63, 3.8) is 0 Å². The van der Waals surface area contributed by atoms with Crippen LogP contribution in [0, 0.1) is 0 Å². The van der Waals surface area contributed by atoms with Gasteiger partial charge in [0, 0.05) is 36.6 Å². The van der Waals surface area contributed by atoms with Crippen LogP contribution in [-0.2, 0) is 36.0 Å². The van der Waals surface area contributed by atoms with Crippen LogP contribution in [0.5, 0.6) is 0 Å². The minimum absolute atomic E-state index is 0.0655. The third kappa shape index (κ3) is 7.24. The summed E-state index contributed by atoms with van der Waals surface area (Å²) in [7, 11) is 5.65. The normalized spacial score (nSPS) is 19.1. The van der Waals surface area contributed by atoms with Gasteiger partial charge in [0.05, 0.1) is 37.1 Å². The minimum atomic E-state index is -0.243. The summed E-state index contributed by atoms with van der Waals surface area (Å²) < 4.78 is 8.03. The van der Waals surface area contributed by atoms with Crippen LogP contribution in [0.3, 0.4) is 0 Å². The van der Waals surface area contributed by atoms with Gasteiger partial charge < -0.3 is 26.0 Å². The molecule has 234 valence electrons. The monoisotopic (exact) mass is 607 g/mol. The molecule has 0 bridgehead atoms. The van der Waals surface area contributed by atoms with Crippen molar-refractivity contribution >= 4 is 17.6 Å². The average Bonchev–Trinajstić information content (AvgIpc) is 3.75. The SMILES string of the molecule is CN(C)CC(=O)NC1Cc2ccc(-c3ccc(CO[C@H]4CCC[C@@H]4NC(=O)c4cc(-c5cnn(C)c5)cnc4N)cc3)cc2C1. The number of nitrogen functional groups attached to an aromatic ring is 1. The van der Waals surface area contributed by atoms with Crippen molar-refractivity contribution in [2.45, 2.75) is 56.9 Å². The summed E-state index contributed by atoms with van der Waals surface area (Å²) in [5, 5.41) is 10.5. The molecule has 1 fully saturated rings. The number of nitrogens with zero attached hydrogens (tertiary/aromatic N) is 4. The molecule has 1 saturated carbocycles. The number of carbonyl (C=O) groups is 2. The maximum absolute atomic E-state index is 13.2. The number of nitrogens with one attached hydrogen (secondary N) is 2. The van der Waals surface area contributed by atoms with Gasteiger partial charge in [0.15, 0.2) is 0 Å². The number of amides is 2. The number of nitrogens with two attached hydrogens (primary N) is 1. The van der Waals surface area contributed by atoms with Gasteiger partial charge in [-0.15, -0.1) is 0 Å². The van der Waals surface area contributed by atoms with Gasteiger partial charge in [0.2, 0.25) is 5.91 Å². The first-order valence-corrected chi connectivity index (χ1v) is 15.5. The third-order valence-electron chi connectivity index (χ3n) is 8.69. The van der Waals surface area contributed by atoms with Crippen molar-refractivity contribution in [2.24, 2.45) is 7.05 Å². The number of benzene rings is 2. The number of carbonyl (C=O) groups excluding carboxylic acids is 2. The lowest BCUT2D eigenvalue weighted by atomic mass is 10.00. The lowest BCUT2D eigenvalue weighted by Crippen LogP contribution is -2.41. The Labute approximate surface area is 264 Å². The second-order valence-corrected chi connectivity index (χ2v) is 12.5. The van der Waals surface area contributed by atoms with E-state index in [0.717, 1.165) is 54.4 Å².